The van der Waals surface area contributed by atoms with Crippen LogP contribution in [-0.4, -0.2) is 269 Å². The Bertz CT molecular complexity index is 2830. The summed E-state index contributed by atoms with van der Waals surface area (Å²) in [5, 5.41) is 124. The lowest BCUT2D eigenvalue weighted by molar-refractivity contribution is -0.327. The second-order valence-corrected chi connectivity index (χ2v) is 23.5. The molecule has 12 N–H and O–H groups in total. The van der Waals surface area contributed by atoms with Gasteiger partial charge in [0.05, 0.1) is 109 Å². The van der Waals surface area contributed by atoms with Crippen LogP contribution in [0.5, 0.6) is 0 Å². The van der Waals surface area contributed by atoms with Crippen molar-refractivity contribution in [2.24, 2.45) is 41.4 Å². The number of methoxy groups -OCH3 is 3. The van der Waals surface area contributed by atoms with E-state index in [0.717, 1.165) is 40.1 Å². The molecule has 3 saturated heterocycles. The zero-order valence-corrected chi connectivity index (χ0v) is 52.8. The number of allylic oxidation sites excluding steroid dienone is 3. The molecule has 1 aliphatic carbocycles. The number of ether oxygens (including phenoxy) is 15. The maximum atomic E-state index is 14.4. The summed E-state index contributed by atoms with van der Waals surface area (Å²) in [6.07, 6.45) is -25.1. The van der Waals surface area contributed by atoms with Crippen LogP contribution in [-0.2, 0) is 99.8 Å². The number of aliphatic hydroxyl groups excluding tert-OH is 12. The Kier molecular flexibility index (Phi) is 27.0. The summed E-state index contributed by atoms with van der Waals surface area (Å²) >= 11 is 0. The van der Waals surface area contributed by atoms with Crippen LogP contribution in [0.15, 0.2) is 70.5 Å². The van der Waals surface area contributed by atoms with E-state index < -0.39 is 233 Å². The van der Waals surface area contributed by atoms with Gasteiger partial charge in [0.2, 0.25) is 18.9 Å². The van der Waals surface area contributed by atoms with Crippen LogP contribution in [0.2, 0.25) is 0 Å². The first kappa shape index (κ1) is 75.3. The molecule has 6 heterocycles. The zero-order valence-electron chi connectivity index (χ0n) is 52.8. The summed E-state index contributed by atoms with van der Waals surface area (Å²) in [5.41, 5.74) is -0.0660. The second kappa shape index (κ2) is 33.7. The molecule has 33 heteroatoms. The van der Waals surface area contributed by atoms with E-state index in [2.05, 4.69) is 0 Å². The fourth-order valence-corrected chi connectivity index (χ4v) is 12.6. The van der Waals surface area contributed by atoms with Crippen molar-refractivity contribution in [2.45, 2.75) is 177 Å². The molecule has 0 amide bonds. The van der Waals surface area contributed by atoms with Crippen LogP contribution in [0.1, 0.15) is 60.3 Å². The standard InChI is InChI=1S/C61H86O33/c1-9-26-30(34(53(77)80-6)21-85-56(26)92-59-50(74)47(71)44(68)38(16-62)89-59)13-41(65)83-19-24(4)29-12-37(88-43(67)15-32-28(11-3)58(87-23-36(32)55(79)82-8)94-61-52(76)49(73)46(70)40(18-64)91-61)25(5)33(29)20-84-42(66)14-31-27(10-2)57(86-22-35(31)54(78)81-7)93-60-51(75)48(72)45(69)39(17-63)90-60/h9-11,21-25,29-33,37-40,44-52,56-64,68-76H,12-20H2,1-8H3/b26-9+,27-10+,28-11+/t24-,25-,29-,30-,31-,32-,33-,37-,38+,39+,40+,44+,45+,46+,47-,48-,49-,50+,51+,52+,56-,57-,58-,59-,60-,61-/m0/s1. The summed E-state index contributed by atoms with van der Waals surface area (Å²) in [7, 11) is 3.28. The van der Waals surface area contributed by atoms with Gasteiger partial charge in [-0.2, -0.15) is 0 Å². The lowest BCUT2D eigenvalue weighted by atomic mass is 9.83. The Hall–Kier alpha value is -6.06. The molecule has 1 saturated carbocycles. The highest BCUT2D eigenvalue weighted by Gasteiger charge is 2.52. The van der Waals surface area contributed by atoms with Crippen LogP contribution < -0.4 is 0 Å². The molecule has 0 aromatic heterocycles. The van der Waals surface area contributed by atoms with Crippen molar-refractivity contribution in [3.63, 3.8) is 0 Å². The largest absolute Gasteiger partial charge is 0.468 e. The fourth-order valence-electron chi connectivity index (χ4n) is 12.6. The van der Waals surface area contributed by atoms with Gasteiger partial charge in [-0.25, -0.2) is 14.4 Å². The van der Waals surface area contributed by atoms with Crippen LogP contribution in [0.4, 0.5) is 0 Å². The Labute approximate surface area is 539 Å². The topological polar surface area (TPSA) is 484 Å². The number of carbonyl (C=O) groups excluding carboxylic acids is 6. The van der Waals surface area contributed by atoms with Gasteiger partial charge in [0, 0.05) is 40.4 Å². The predicted octanol–water partition coefficient (Wildman–Crippen LogP) is -3.56. The van der Waals surface area contributed by atoms with Gasteiger partial charge in [0.15, 0.2) is 18.9 Å². The van der Waals surface area contributed by atoms with Crippen molar-refractivity contribution >= 4 is 35.8 Å². The van der Waals surface area contributed by atoms with E-state index in [1.54, 1.807) is 13.8 Å². The SMILES string of the molecule is C/C=C1/[C@H](O[C@@H]2O[C@H](CO)[C@@H](O)[C@H](O)[C@H]2O)OC=C(C(=O)OC)[C@H]1CC(=O)OC[C@H]1[C@H](C)[C@@H](OC(=O)C[C@@H]2C(C(=O)OC)=CO[C@@H](O[C@@H]3O[C@H](CO)[C@@H](O)[C@H](O)[C@H]3O)/C2=C/C)C[C@H]1[C@@H](C)COC(=O)C[C@@H]1C(C(=O)OC)=CO[C@@H](O[C@@H]2O[C@H](CO)[C@@H](O)[C@H](O)[C@H]2O)/C1=C/C. The van der Waals surface area contributed by atoms with E-state index in [0.29, 0.717) is 0 Å². The summed E-state index contributed by atoms with van der Waals surface area (Å²) in [6, 6.07) is 0. The Morgan fingerprint density at radius 2 is 0.830 bits per heavy atom. The molecule has 0 radical (unpaired) electrons. The number of carbonyl (C=O) groups is 6. The van der Waals surface area contributed by atoms with Crippen LogP contribution in [0, 0.1) is 41.4 Å². The molecular formula is C61H86O33. The van der Waals surface area contributed by atoms with E-state index in [4.69, 9.17) is 71.1 Å². The Morgan fingerprint density at radius 1 is 0.500 bits per heavy atom. The minimum Gasteiger partial charge on any atom is -0.468 e. The Balaban J connectivity index is 1.11. The normalized spacial score (nSPS) is 39.1. The van der Waals surface area contributed by atoms with Gasteiger partial charge in [0.25, 0.3) is 0 Å². The van der Waals surface area contributed by atoms with Crippen LogP contribution >= 0.6 is 0 Å². The zero-order chi connectivity index (χ0) is 69.2. The molecule has 0 aromatic rings. The molecule has 7 aliphatic rings. The summed E-state index contributed by atoms with van der Waals surface area (Å²) < 4.78 is 84.5. The third-order valence-electron chi connectivity index (χ3n) is 18.1. The molecule has 0 spiro atoms. The molecule has 0 bridgehead atoms. The third-order valence-corrected chi connectivity index (χ3v) is 18.1. The summed E-state index contributed by atoms with van der Waals surface area (Å²) in [4.78, 5) is 82.5. The highest BCUT2D eigenvalue weighted by molar-refractivity contribution is 5.92. The number of hydrogen-bond donors (Lipinski definition) is 12. The van der Waals surface area contributed by atoms with Crippen molar-refractivity contribution in [3.8, 4) is 0 Å². The van der Waals surface area contributed by atoms with Crippen molar-refractivity contribution in [1.29, 1.82) is 0 Å². The van der Waals surface area contributed by atoms with Crippen molar-refractivity contribution in [2.75, 3.05) is 54.4 Å². The number of esters is 6. The average molecular weight is 1350 g/mol. The first-order valence-electron chi connectivity index (χ1n) is 30.4. The maximum Gasteiger partial charge on any atom is 0.337 e. The lowest BCUT2D eigenvalue weighted by Gasteiger charge is -2.42. The van der Waals surface area contributed by atoms with E-state index in [9.17, 15) is 90.0 Å². The predicted molar refractivity (Wildman–Crippen MR) is 307 cm³/mol. The van der Waals surface area contributed by atoms with Crippen molar-refractivity contribution in [1.82, 2.24) is 0 Å². The molecule has 94 heavy (non-hydrogen) atoms. The van der Waals surface area contributed by atoms with Gasteiger partial charge in [-0.15, -0.1) is 0 Å². The van der Waals surface area contributed by atoms with Gasteiger partial charge in [0.1, 0.15) is 79.4 Å². The van der Waals surface area contributed by atoms with Crippen molar-refractivity contribution in [3.05, 3.63) is 70.5 Å². The lowest BCUT2D eigenvalue weighted by Crippen LogP contribution is -2.60. The average Bonchev–Trinajstić information content (AvgIpc) is 0.987. The van der Waals surface area contributed by atoms with E-state index in [1.807, 2.05) is 0 Å². The van der Waals surface area contributed by atoms with Crippen molar-refractivity contribution < 1.29 is 161 Å². The molecule has 7 rings (SSSR count). The number of hydrogen-bond acceptors (Lipinski definition) is 33. The molecule has 528 valence electrons. The van der Waals surface area contributed by atoms with Crippen LogP contribution in [0.3, 0.4) is 0 Å². The van der Waals surface area contributed by atoms with Gasteiger partial charge in [-0.1, -0.05) is 32.1 Å². The highest BCUT2D eigenvalue weighted by atomic mass is 16.8. The Morgan fingerprint density at radius 3 is 1.15 bits per heavy atom. The summed E-state index contributed by atoms with van der Waals surface area (Å²) in [5.74, 6) is -11.5. The molecule has 0 aromatic carbocycles. The molecule has 6 aliphatic heterocycles. The monoisotopic (exact) mass is 1350 g/mol. The van der Waals surface area contributed by atoms with Crippen LogP contribution in [0.25, 0.3) is 0 Å². The second-order valence-electron chi connectivity index (χ2n) is 23.5. The van der Waals surface area contributed by atoms with E-state index in [-0.39, 0.29) is 53.1 Å². The molecular weight excluding hydrogens is 1260 g/mol. The molecule has 33 nitrogen and oxygen atoms in total. The minimum atomic E-state index is -1.86. The smallest absolute Gasteiger partial charge is 0.337 e. The number of aliphatic hydroxyl groups is 12. The summed E-state index contributed by atoms with van der Waals surface area (Å²) in [6.45, 7) is 5.01. The molecule has 4 fully saturated rings. The van der Waals surface area contributed by atoms with Gasteiger partial charge in [-0.3, -0.25) is 14.4 Å². The third kappa shape index (κ3) is 16.7. The maximum absolute atomic E-state index is 14.4. The van der Waals surface area contributed by atoms with Gasteiger partial charge < -0.3 is 132 Å². The van der Waals surface area contributed by atoms with Gasteiger partial charge in [-0.05, 0) is 44.9 Å². The first-order chi connectivity index (χ1) is 44.8. The van der Waals surface area contributed by atoms with E-state index >= 15 is 0 Å². The molecule has 26 atom stereocenters. The first-order valence-corrected chi connectivity index (χ1v) is 30.4. The minimum absolute atomic E-state index is 0.0460. The molecule has 0 unspecified atom stereocenters. The number of rotatable bonds is 24. The van der Waals surface area contributed by atoms with Gasteiger partial charge >= 0.3 is 35.8 Å². The highest BCUT2D eigenvalue weighted by Crippen LogP contribution is 2.46. The quantitative estimate of drug-likeness (QED) is 0.0253. The fraction of sp³-hybridized carbons (Fsp3) is 0.705. The van der Waals surface area contributed by atoms with E-state index in [1.165, 1.54) is 39.0 Å².